The molecule has 0 fully saturated rings. The van der Waals surface area contributed by atoms with Gasteiger partial charge in [-0.15, -0.1) is 0 Å². The Morgan fingerprint density at radius 2 is 1.37 bits per heavy atom. The van der Waals surface area contributed by atoms with Gasteiger partial charge in [0.25, 0.3) is 0 Å². The second kappa shape index (κ2) is 14.7. The van der Waals surface area contributed by atoms with Gasteiger partial charge < -0.3 is 9.84 Å². The second-order valence-electron chi connectivity index (χ2n) is 5.95. The summed E-state index contributed by atoms with van der Waals surface area (Å²) in [6.07, 6.45) is 9.45. The lowest BCUT2D eigenvalue weighted by Gasteiger charge is -2.27. The third kappa shape index (κ3) is 10.3. The zero-order valence-electron chi connectivity index (χ0n) is 16.5. The number of unbranched alkanes of at least 4 members (excludes halogenated alkanes) is 2. The minimum atomic E-state index is -1.47. The maximum atomic E-state index is 12.6. The highest BCUT2D eigenvalue weighted by Crippen LogP contribution is 2.13. The number of allylic oxidation sites excluding steroid dienone is 2. The highest BCUT2D eigenvalue weighted by Gasteiger charge is 2.36. The Morgan fingerprint density at radius 1 is 0.889 bits per heavy atom. The first-order valence-corrected chi connectivity index (χ1v) is 9.42. The molecule has 0 saturated heterocycles. The highest BCUT2D eigenvalue weighted by atomic mass is 16.5. The third-order valence-corrected chi connectivity index (χ3v) is 3.60. The quantitative estimate of drug-likeness (QED) is 0.388. The van der Waals surface area contributed by atoms with Crippen LogP contribution in [0, 0.1) is 0 Å². The number of hydrogen-bond donors (Lipinski definition) is 1. The number of hydrogen-bond acceptors (Lipinski definition) is 5. The van der Waals surface area contributed by atoms with Crippen molar-refractivity contribution in [2.24, 2.45) is 0 Å². The van der Waals surface area contributed by atoms with Crippen molar-refractivity contribution in [1.82, 2.24) is 4.90 Å². The molecule has 0 heterocycles. The minimum absolute atomic E-state index is 0.0258. The number of carbonyl (C=O) groups excluding carboxylic acids is 3. The molecule has 152 valence electrons. The first kappa shape index (κ1) is 24.6. The van der Waals surface area contributed by atoms with Crippen LogP contribution in [0.2, 0.25) is 0 Å². The summed E-state index contributed by atoms with van der Waals surface area (Å²) in [7, 11) is 0. The van der Waals surface area contributed by atoms with E-state index < -0.39 is 36.2 Å². The van der Waals surface area contributed by atoms with Crippen LogP contribution in [0.25, 0.3) is 0 Å². The molecule has 27 heavy (non-hydrogen) atoms. The standard InChI is InChI=1S/C20H31NO6/c1-4-7-9-11-13-17(22)21(18(23)14-12-10-8-5-2)16(15-19(24)25)20(26)27-6-3/h9-12,16H,4-8,13-15H2,1-3H3,(H,24,25)/b11-9+,12-10+. The van der Waals surface area contributed by atoms with Crippen LogP contribution in [0.15, 0.2) is 24.3 Å². The molecule has 0 aliphatic heterocycles. The van der Waals surface area contributed by atoms with Crippen LogP contribution in [-0.2, 0) is 23.9 Å². The van der Waals surface area contributed by atoms with Gasteiger partial charge in [0.1, 0.15) is 6.04 Å². The number of rotatable bonds is 13. The molecule has 0 saturated carbocycles. The SMILES string of the molecule is CCC/C=C/CC(=O)N(C(=O)C/C=C/CCC)C(CC(=O)O)C(=O)OCC. The van der Waals surface area contributed by atoms with Gasteiger partial charge >= 0.3 is 11.9 Å². The fourth-order valence-corrected chi connectivity index (χ4v) is 2.30. The summed E-state index contributed by atoms with van der Waals surface area (Å²) in [5.74, 6) is -3.41. The van der Waals surface area contributed by atoms with E-state index >= 15 is 0 Å². The minimum Gasteiger partial charge on any atom is -0.481 e. The molecule has 0 aromatic heterocycles. The van der Waals surface area contributed by atoms with E-state index in [0.717, 1.165) is 30.6 Å². The number of amides is 2. The first-order chi connectivity index (χ1) is 12.9. The number of carboxylic acid groups (broad SMARTS) is 1. The number of carboxylic acids is 1. The van der Waals surface area contributed by atoms with E-state index in [9.17, 15) is 19.2 Å². The molecule has 0 aliphatic carbocycles. The van der Waals surface area contributed by atoms with Crippen LogP contribution in [0.4, 0.5) is 0 Å². The number of imide groups is 1. The van der Waals surface area contributed by atoms with E-state index in [1.165, 1.54) is 0 Å². The van der Waals surface area contributed by atoms with E-state index in [4.69, 9.17) is 9.84 Å². The van der Waals surface area contributed by atoms with Crippen LogP contribution in [0.1, 0.15) is 65.7 Å². The lowest BCUT2D eigenvalue weighted by molar-refractivity contribution is -0.163. The van der Waals surface area contributed by atoms with Crippen molar-refractivity contribution in [3.63, 3.8) is 0 Å². The fraction of sp³-hybridized carbons (Fsp3) is 0.600. The van der Waals surface area contributed by atoms with E-state index in [2.05, 4.69) is 0 Å². The Hall–Kier alpha value is -2.44. The average Bonchev–Trinajstić information content (AvgIpc) is 2.61. The van der Waals surface area contributed by atoms with Crippen molar-refractivity contribution in [3.05, 3.63) is 24.3 Å². The molecule has 0 aromatic carbocycles. The predicted molar refractivity (Wildman–Crippen MR) is 102 cm³/mol. The number of nitrogens with zero attached hydrogens (tertiary/aromatic N) is 1. The lowest BCUT2D eigenvalue weighted by atomic mass is 10.1. The molecular formula is C20H31NO6. The van der Waals surface area contributed by atoms with Crippen molar-refractivity contribution in [3.8, 4) is 0 Å². The first-order valence-electron chi connectivity index (χ1n) is 9.42. The summed E-state index contributed by atoms with van der Waals surface area (Å²) in [6, 6.07) is -1.47. The van der Waals surface area contributed by atoms with Crippen molar-refractivity contribution < 1.29 is 29.0 Å². The maximum absolute atomic E-state index is 12.6. The van der Waals surface area contributed by atoms with E-state index in [0.29, 0.717) is 0 Å². The molecule has 1 unspecified atom stereocenters. The van der Waals surface area contributed by atoms with E-state index in [1.807, 2.05) is 26.0 Å². The van der Waals surface area contributed by atoms with Crippen LogP contribution in [0.5, 0.6) is 0 Å². The summed E-state index contributed by atoms with van der Waals surface area (Å²) in [5, 5.41) is 9.12. The van der Waals surface area contributed by atoms with Gasteiger partial charge in [-0.3, -0.25) is 19.3 Å². The molecule has 1 N–H and O–H groups in total. The fourth-order valence-electron chi connectivity index (χ4n) is 2.30. The van der Waals surface area contributed by atoms with E-state index in [1.54, 1.807) is 19.1 Å². The zero-order chi connectivity index (χ0) is 20.7. The zero-order valence-corrected chi connectivity index (χ0v) is 16.5. The molecule has 0 spiro atoms. The Balaban J connectivity index is 5.53. The Kier molecular flexibility index (Phi) is 13.4. The van der Waals surface area contributed by atoms with Crippen LogP contribution >= 0.6 is 0 Å². The number of esters is 1. The van der Waals surface area contributed by atoms with Crippen molar-refractivity contribution in [2.75, 3.05) is 6.61 Å². The number of ether oxygens (including phenoxy) is 1. The summed E-state index contributed by atoms with van der Waals surface area (Å²) < 4.78 is 4.89. The van der Waals surface area contributed by atoms with Gasteiger partial charge in [-0.25, -0.2) is 4.79 Å². The van der Waals surface area contributed by atoms with E-state index in [-0.39, 0.29) is 19.4 Å². The van der Waals surface area contributed by atoms with Crippen molar-refractivity contribution >= 4 is 23.8 Å². The normalized spacial score (nSPS) is 12.3. The molecule has 7 nitrogen and oxygen atoms in total. The molecule has 1 atom stereocenters. The van der Waals surface area contributed by atoms with Gasteiger partial charge in [-0.05, 0) is 19.8 Å². The van der Waals surface area contributed by atoms with Crippen molar-refractivity contribution in [1.29, 1.82) is 0 Å². The van der Waals surface area contributed by atoms with Crippen LogP contribution in [-0.4, -0.2) is 46.4 Å². The molecule has 0 rings (SSSR count). The molecule has 2 amide bonds. The van der Waals surface area contributed by atoms with Crippen LogP contribution in [0.3, 0.4) is 0 Å². The monoisotopic (exact) mass is 381 g/mol. The van der Waals surface area contributed by atoms with Gasteiger partial charge in [0.15, 0.2) is 0 Å². The average molecular weight is 381 g/mol. The summed E-state index contributed by atoms with van der Waals surface area (Å²) in [6.45, 7) is 5.59. The third-order valence-electron chi connectivity index (χ3n) is 3.60. The summed E-state index contributed by atoms with van der Waals surface area (Å²) in [4.78, 5) is 49.3. The smallest absolute Gasteiger partial charge is 0.329 e. The molecule has 0 aromatic rings. The molecule has 0 radical (unpaired) electrons. The summed E-state index contributed by atoms with van der Waals surface area (Å²) in [5.41, 5.74) is 0. The maximum Gasteiger partial charge on any atom is 0.329 e. The molecule has 0 bridgehead atoms. The lowest BCUT2D eigenvalue weighted by Crippen LogP contribution is -2.50. The Labute approximate surface area is 161 Å². The van der Waals surface area contributed by atoms with Gasteiger partial charge in [-0.1, -0.05) is 51.0 Å². The van der Waals surface area contributed by atoms with Gasteiger partial charge in [-0.2, -0.15) is 0 Å². The topological polar surface area (TPSA) is 101 Å². The molecule has 7 heteroatoms. The Morgan fingerprint density at radius 3 is 1.74 bits per heavy atom. The van der Waals surface area contributed by atoms with Gasteiger partial charge in [0.05, 0.1) is 13.0 Å². The number of carbonyl (C=O) groups is 4. The summed E-state index contributed by atoms with van der Waals surface area (Å²) >= 11 is 0. The largest absolute Gasteiger partial charge is 0.481 e. The second-order valence-corrected chi connectivity index (χ2v) is 5.95. The number of aliphatic carboxylic acids is 1. The van der Waals surface area contributed by atoms with Gasteiger partial charge in [0.2, 0.25) is 11.8 Å². The van der Waals surface area contributed by atoms with Crippen molar-refractivity contribution in [2.45, 2.75) is 71.8 Å². The Bertz CT molecular complexity index is 523. The van der Waals surface area contributed by atoms with Gasteiger partial charge in [0, 0.05) is 12.8 Å². The van der Waals surface area contributed by atoms with Crippen LogP contribution < -0.4 is 0 Å². The predicted octanol–water partition coefficient (Wildman–Crippen LogP) is 3.24. The molecule has 0 aliphatic rings. The highest BCUT2D eigenvalue weighted by molar-refractivity contribution is 6.01. The molecular weight excluding hydrogens is 350 g/mol.